The van der Waals surface area contributed by atoms with Crippen molar-refractivity contribution >= 4 is 47.3 Å². The number of primary amides is 2. The molecule has 0 aromatic heterocycles. The Hall–Kier alpha value is -2.87. The largest absolute Gasteiger partial charge is 0.480 e. The molecular weight excluding hydrogens is 444 g/mol. The molecule has 0 saturated carbocycles. The minimum atomic E-state index is -1.65. The van der Waals surface area contributed by atoms with E-state index in [1.807, 2.05) is 6.26 Å². The lowest BCUT2D eigenvalue weighted by atomic mass is 10.1. The van der Waals surface area contributed by atoms with E-state index in [-0.39, 0.29) is 12.3 Å². The van der Waals surface area contributed by atoms with Crippen LogP contribution < -0.4 is 32.7 Å². The number of thioether (sulfide) groups is 1. The van der Waals surface area contributed by atoms with E-state index in [9.17, 15) is 28.8 Å². The quantitative estimate of drug-likeness (QED) is 0.134. The van der Waals surface area contributed by atoms with Gasteiger partial charge in [-0.15, -0.1) is 0 Å². The molecule has 0 radical (unpaired) electrons. The van der Waals surface area contributed by atoms with Crippen LogP contribution in [0.15, 0.2) is 0 Å². The molecule has 180 valence electrons. The van der Waals surface area contributed by atoms with Crippen LogP contribution in [0.5, 0.6) is 0 Å². The van der Waals surface area contributed by atoms with Crippen molar-refractivity contribution in [2.24, 2.45) is 11.5 Å². The predicted octanol–water partition coefficient (Wildman–Crippen LogP) is -3.22. The third-order valence-corrected chi connectivity index (χ3v) is 5.32. The summed E-state index contributed by atoms with van der Waals surface area (Å²) in [5.74, 6) is -4.99. The molecule has 1 aliphatic rings. The van der Waals surface area contributed by atoms with Crippen molar-refractivity contribution in [2.45, 2.75) is 56.3 Å². The van der Waals surface area contributed by atoms with E-state index in [0.717, 1.165) is 6.42 Å². The summed E-state index contributed by atoms with van der Waals surface area (Å²) in [7, 11) is 0. The van der Waals surface area contributed by atoms with Crippen LogP contribution in [-0.4, -0.2) is 83.3 Å². The Morgan fingerprint density at radius 1 is 0.969 bits per heavy atom. The number of nitrogens with one attached hydrogen (secondary N) is 4. The van der Waals surface area contributed by atoms with Crippen molar-refractivity contribution in [3.8, 4) is 0 Å². The number of carboxylic acids is 1. The van der Waals surface area contributed by atoms with Crippen molar-refractivity contribution in [3.63, 3.8) is 0 Å². The molecule has 5 amide bonds. The molecule has 1 fully saturated rings. The van der Waals surface area contributed by atoms with Crippen LogP contribution >= 0.6 is 11.8 Å². The SMILES string of the molecule is CSCCC(NC(=O)C1CCCN1)C(=O)NC(CC(N)=O)C(=O)NC(CC(N)=O)C(=O)O. The number of amides is 5. The van der Waals surface area contributed by atoms with E-state index < -0.39 is 66.6 Å². The Kier molecular flexibility index (Phi) is 11.5. The molecule has 4 unspecified atom stereocenters. The first-order valence-corrected chi connectivity index (χ1v) is 11.4. The Morgan fingerprint density at radius 2 is 1.53 bits per heavy atom. The van der Waals surface area contributed by atoms with E-state index in [4.69, 9.17) is 16.6 Å². The summed E-state index contributed by atoms with van der Waals surface area (Å²) in [6, 6.07) is -4.56. The van der Waals surface area contributed by atoms with Gasteiger partial charge in [-0.2, -0.15) is 11.8 Å². The van der Waals surface area contributed by atoms with Gasteiger partial charge in [0.2, 0.25) is 29.5 Å². The average molecular weight is 475 g/mol. The predicted molar refractivity (Wildman–Crippen MR) is 115 cm³/mol. The number of hydrogen-bond acceptors (Lipinski definition) is 8. The molecule has 32 heavy (non-hydrogen) atoms. The van der Waals surface area contributed by atoms with Gasteiger partial charge in [0.05, 0.1) is 18.9 Å². The van der Waals surface area contributed by atoms with Gasteiger partial charge >= 0.3 is 5.97 Å². The zero-order chi connectivity index (χ0) is 24.3. The van der Waals surface area contributed by atoms with Crippen molar-refractivity contribution in [3.05, 3.63) is 0 Å². The van der Waals surface area contributed by atoms with Crippen LogP contribution in [-0.2, 0) is 28.8 Å². The number of carbonyl (C=O) groups excluding carboxylic acids is 5. The minimum absolute atomic E-state index is 0.260. The maximum Gasteiger partial charge on any atom is 0.326 e. The molecule has 1 saturated heterocycles. The van der Waals surface area contributed by atoms with Gasteiger partial charge in [-0.25, -0.2) is 4.79 Å². The zero-order valence-electron chi connectivity index (χ0n) is 17.7. The molecule has 0 bridgehead atoms. The van der Waals surface area contributed by atoms with Crippen LogP contribution in [0.2, 0.25) is 0 Å². The molecule has 0 spiro atoms. The number of nitrogens with two attached hydrogens (primary N) is 2. The van der Waals surface area contributed by atoms with Gasteiger partial charge in [-0.1, -0.05) is 0 Å². The summed E-state index contributed by atoms with van der Waals surface area (Å²) in [6.07, 6.45) is 2.24. The average Bonchev–Trinajstić information content (AvgIpc) is 3.24. The molecule has 1 heterocycles. The number of hydrogen-bond donors (Lipinski definition) is 7. The molecule has 13 nitrogen and oxygen atoms in total. The Balaban J connectivity index is 2.91. The Bertz CT molecular complexity index is 729. The van der Waals surface area contributed by atoms with Crippen LogP contribution in [0.4, 0.5) is 0 Å². The third-order valence-electron chi connectivity index (χ3n) is 4.68. The van der Waals surface area contributed by atoms with Gasteiger partial charge in [0, 0.05) is 0 Å². The van der Waals surface area contributed by atoms with Crippen LogP contribution in [0, 0.1) is 0 Å². The summed E-state index contributed by atoms with van der Waals surface area (Å²) in [6.45, 7) is 0.691. The second kappa shape index (κ2) is 13.5. The number of aliphatic carboxylic acids is 1. The molecule has 0 aliphatic carbocycles. The number of rotatable bonds is 14. The normalized spacial score (nSPS) is 18.1. The molecule has 9 N–H and O–H groups in total. The van der Waals surface area contributed by atoms with Gasteiger partial charge < -0.3 is 37.8 Å². The summed E-state index contributed by atoms with van der Waals surface area (Å²) in [5.41, 5.74) is 10.1. The standard InChI is InChI=1S/C18H30N6O7S/c1-32-6-4-10(22-15(27)9-3-2-5-21-9)16(28)23-11(7-13(19)25)17(29)24-12(18(30)31)8-14(20)26/h9-12,21H,2-8H2,1H3,(H2,19,25)(H2,20,26)(H,22,27)(H,23,28)(H,24,29)(H,30,31). The first kappa shape index (κ1) is 27.2. The van der Waals surface area contributed by atoms with Crippen LogP contribution in [0.1, 0.15) is 32.1 Å². The van der Waals surface area contributed by atoms with E-state index in [1.165, 1.54) is 11.8 Å². The summed E-state index contributed by atoms with van der Waals surface area (Å²) in [4.78, 5) is 71.5. The molecule has 1 aliphatic heterocycles. The van der Waals surface area contributed by atoms with Gasteiger partial charge in [0.25, 0.3) is 0 Å². The van der Waals surface area contributed by atoms with Gasteiger partial charge in [-0.05, 0) is 37.8 Å². The molecule has 1 rings (SSSR count). The Morgan fingerprint density at radius 3 is 2.03 bits per heavy atom. The highest BCUT2D eigenvalue weighted by Gasteiger charge is 2.32. The van der Waals surface area contributed by atoms with Crippen molar-refractivity contribution < 1.29 is 33.9 Å². The van der Waals surface area contributed by atoms with Crippen molar-refractivity contribution in [1.82, 2.24) is 21.3 Å². The Labute approximate surface area is 189 Å². The summed E-state index contributed by atoms with van der Waals surface area (Å²) < 4.78 is 0. The smallest absolute Gasteiger partial charge is 0.326 e. The summed E-state index contributed by atoms with van der Waals surface area (Å²) in [5, 5.41) is 19.2. The zero-order valence-corrected chi connectivity index (χ0v) is 18.5. The number of carboxylic acid groups (broad SMARTS) is 1. The van der Waals surface area contributed by atoms with Gasteiger partial charge in [-0.3, -0.25) is 24.0 Å². The second-order valence-electron chi connectivity index (χ2n) is 7.29. The fraction of sp³-hybridized carbons (Fsp3) is 0.667. The highest BCUT2D eigenvalue weighted by molar-refractivity contribution is 7.98. The molecule has 0 aromatic rings. The lowest BCUT2D eigenvalue weighted by molar-refractivity contribution is -0.144. The highest BCUT2D eigenvalue weighted by Crippen LogP contribution is 2.08. The monoisotopic (exact) mass is 474 g/mol. The fourth-order valence-electron chi connectivity index (χ4n) is 3.04. The van der Waals surface area contributed by atoms with Crippen LogP contribution in [0.3, 0.4) is 0 Å². The number of carbonyl (C=O) groups is 6. The van der Waals surface area contributed by atoms with Gasteiger partial charge in [0.15, 0.2) is 0 Å². The van der Waals surface area contributed by atoms with E-state index >= 15 is 0 Å². The van der Waals surface area contributed by atoms with Crippen LogP contribution in [0.25, 0.3) is 0 Å². The summed E-state index contributed by atoms with van der Waals surface area (Å²) >= 11 is 1.45. The molecule has 14 heteroatoms. The van der Waals surface area contributed by atoms with Gasteiger partial charge in [0.1, 0.15) is 18.1 Å². The molecular formula is C18H30N6O7S. The van der Waals surface area contributed by atoms with E-state index in [1.54, 1.807) is 0 Å². The third kappa shape index (κ3) is 9.51. The maximum absolute atomic E-state index is 12.8. The first-order chi connectivity index (χ1) is 15.0. The second-order valence-corrected chi connectivity index (χ2v) is 8.28. The highest BCUT2D eigenvalue weighted by atomic mass is 32.2. The molecule has 4 atom stereocenters. The molecule has 0 aromatic carbocycles. The lowest BCUT2D eigenvalue weighted by Crippen LogP contribution is -2.58. The van der Waals surface area contributed by atoms with E-state index in [0.29, 0.717) is 18.7 Å². The van der Waals surface area contributed by atoms with Crippen molar-refractivity contribution in [1.29, 1.82) is 0 Å². The lowest BCUT2D eigenvalue weighted by Gasteiger charge is -2.24. The maximum atomic E-state index is 12.8. The first-order valence-electron chi connectivity index (χ1n) is 9.98. The minimum Gasteiger partial charge on any atom is -0.480 e. The topological polar surface area (TPSA) is 223 Å². The van der Waals surface area contributed by atoms with Crippen molar-refractivity contribution in [2.75, 3.05) is 18.6 Å². The van der Waals surface area contributed by atoms with E-state index in [2.05, 4.69) is 21.3 Å². The fourth-order valence-corrected chi connectivity index (χ4v) is 3.51.